The Morgan fingerprint density at radius 3 is 2.59 bits per heavy atom. The fourth-order valence-electron chi connectivity index (χ4n) is 3.32. The van der Waals surface area contributed by atoms with Gasteiger partial charge in [-0.05, 0) is 37.1 Å². The van der Waals surface area contributed by atoms with Crippen LogP contribution in [-0.2, 0) is 7.05 Å². The number of methoxy groups -OCH3 is 1. The van der Waals surface area contributed by atoms with Crippen LogP contribution in [0.3, 0.4) is 0 Å². The van der Waals surface area contributed by atoms with E-state index in [9.17, 15) is 4.79 Å². The lowest BCUT2D eigenvalue weighted by molar-refractivity contribution is 0.102. The molecule has 9 heteroatoms. The molecule has 4 rings (SSSR count). The van der Waals surface area contributed by atoms with Crippen molar-refractivity contribution in [3.05, 3.63) is 48.3 Å². The van der Waals surface area contributed by atoms with E-state index < -0.39 is 0 Å². The van der Waals surface area contributed by atoms with Gasteiger partial charge in [0, 0.05) is 43.8 Å². The van der Waals surface area contributed by atoms with E-state index in [0.717, 1.165) is 24.5 Å². The fourth-order valence-corrected chi connectivity index (χ4v) is 3.32. The number of carbonyl (C=O) groups is 1. The van der Waals surface area contributed by atoms with E-state index in [0.29, 0.717) is 22.9 Å². The second-order valence-corrected chi connectivity index (χ2v) is 6.88. The lowest BCUT2D eigenvalue weighted by Crippen LogP contribution is -2.18. The highest BCUT2D eigenvalue weighted by molar-refractivity contribution is 6.05. The molecule has 1 aliphatic rings. The van der Waals surface area contributed by atoms with Crippen molar-refractivity contribution in [2.75, 3.05) is 35.7 Å². The number of hydrogen-bond donors (Lipinski definition) is 2. The molecule has 2 N–H and O–H groups in total. The van der Waals surface area contributed by atoms with Gasteiger partial charge in [0.05, 0.1) is 19.0 Å². The molecule has 0 unspecified atom stereocenters. The van der Waals surface area contributed by atoms with Crippen molar-refractivity contribution in [3.63, 3.8) is 0 Å². The zero-order valence-electron chi connectivity index (χ0n) is 16.4. The maximum absolute atomic E-state index is 12.5. The summed E-state index contributed by atoms with van der Waals surface area (Å²) >= 11 is 0. The highest BCUT2D eigenvalue weighted by atomic mass is 16.5. The van der Waals surface area contributed by atoms with Crippen molar-refractivity contribution in [2.45, 2.75) is 12.8 Å². The predicted octanol–water partition coefficient (Wildman–Crippen LogP) is 2.81. The van der Waals surface area contributed by atoms with Gasteiger partial charge in [-0.3, -0.25) is 9.48 Å². The maximum atomic E-state index is 12.5. The third kappa shape index (κ3) is 4.29. The van der Waals surface area contributed by atoms with E-state index in [-0.39, 0.29) is 5.91 Å². The Labute approximate surface area is 168 Å². The number of nitrogens with one attached hydrogen (secondary N) is 2. The molecule has 0 atom stereocenters. The van der Waals surface area contributed by atoms with Gasteiger partial charge in [-0.15, -0.1) is 10.2 Å². The first-order valence-electron chi connectivity index (χ1n) is 9.46. The smallest absolute Gasteiger partial charge is 0.262 e. The van der Waals surface area contributed by atoms with Crippen molar-refractivity contribution < 1.29 is 9.53 Å². The lowest BCUT2D eigenvalue weighted by atomic mass is 10.2. The van der Waals surface area contributed by atoms with E-state index in [1.165, 1.54) is 24.6 Å². The van der Waals surface area contributed by atoms with Gasteiger partial charge in [0.2, 0.25) is 5.88 Å². The van der Waals surface area contributed by atoms with Crippen LogP contribution in [0.1, 0.15) is 23.2 Å². The normalized spacial score (nSPS) is 13.4. The van der Waals surface area contributed by atoms with Crippen molar-refractivity contribution >= 4 is 28.8 Å². The summed E-state index contributed by atoms with van der Waals surface area (Å²) in [6.45, 7) is 2.11. The summed E-state index contributed by atoms with van der Waals surface area (Å²) < 4.78 is 6.68. The SMILES string of the molecule is COc1nn(C)cc1C(=O)Nc1ccc(Nc2cc(N3CCCC3)cnn2)cc1. The molecule has 0 saturated carbocycles. The number of aromatic nitrogens is 4. The first kappa shape index (κ1) is 18.7. The Bertz CT molecular complexity index is 994. The second kappa shape index (κ2) is 8.17. The van der Waals surface area contributed by atoms with E-state index >= 15 is 0 Å². The molecule has 150 valence electrons. The molecule has 3 aromatic rings. The maximum Gasteiger partial charge on any atom is 0.262 e. The number of hydrogen-bond acceptors (Lipinski definition) is 7. The van der Waals surface area contributed by atoms with Gasteiger partial charge < -0.3 is 20.3 Å². The molecule has 0 aliphatic carbocycles. The first-order chi connectivity index (χ1) is 14.1. The summed E-state index contributed by atoms with van der Waals surface area (Å²) in [6.07, 6.45) is 5.84. The quantitative estimate of drug-likeness (QED) is 0.665. The molecule has 0 spiro atoms. The number of amides is 1. The average Bonchev–Trinajstić information content (AvgIpc) is 3.39. The molecule has 1 amide bonds. The van der Waals surface area contributed by atoms with Gasteiger partial charge in [-0.25, -0.2) is 0 Å². The van der Waals surface area contributed by atoms with Crippen LogP contribution in [0.15, 0.2) is 42.7 Å². The van der Waals surface area contributed by atoms with Crippen molar-refractivity contribution in [1.82, 2.24) is 20.0 Å². The van der Waals surface area contributed by atoms with Gasteiger partial charge in [0.15, 0.2) is 5.82 Å². The topological polar surface area (TPSA) is 97.2 Å². The molecule has 9 nitrogen and oxygen atoms in total. The summed E-state index contributed by atoms with van der Waals surface area (Å²) in [5.74, 6) is 0.700. The van der Waals surface area contributed by atoms with Crippen LogP contribution >= 0.6 is 0 Å². The first-order valence-corrected chi connectivity index (χ1v) is 9.46. The van der Waals surface area contributed by atoms with Crippen molar-refractivity contribution in [2.24, 2.45) is 7.05 Å². The Hall–Kier alpha value is -3.62. The third-order valence-electron chi connectivity index (χ3n) is 4.76. The second-order valence-electron chi connectivity index (χ2n) is 6.88. The van der Waals surface area contributed by atoms with E-state index in [1.807, 2.05) is 30.3 Å². The highest BCUT2D eigenvalue weighted by Gasteiger charge is 2.16. The molecule has 1 aliphatic heterocycles. The summed E-state index contributed by atoms with van der Waals surface area (Å²) in [6, 6.07) is 9.39. The summed E-state index contributed by atoms with van der Waals surface area (Å²) in [7, 11) is 3.22. The lowest BCUT2D eigenvalue weighted by Gasteiger charge is -2.17. The van der Waals surface area contributed by atoms with Crippen LogP contribution in [0, 0.1) is 0 Å². The Morgan fingerprint density at radius 2 is 1.86 bits per heavy atom. The molecule has 2 aromatic heterocycles. The fraction of sp³-hybridized carbons (Fsp3) is 0.300. The number of ether oxygens (including phenoxy) is 1. The van der Waals surface area contributed by atoms with Gasteiger partial charge in [-0.1, -0.05) is 0 Å². The number of benzene rings is 1. The number of aryl methyl sites for hydroxylation is 1. The highest BCUT2D eigenvalue weighted by Crippen LogP contribution is 2.24. The number of carbonyl (C=O) groups excluding carboxylic acids is 1. The molecule has 1 fully saturated rings. The number of rotatable bonds is 6. The molecular weight excluding hydrogens is 370 g/mol. The van der Waals surface area contributed by atoms with Crippen LogP contribution in [0.5, 0.6) is 5.88 Å². The predicted molar refractivity (Wildman–Crippen MR) is 111 cm³/mol. The van der Waals surface area contributed by atoms with Gasteiger partial charge in [0.25, 0.3) is 5.91 Å². The molecule has 0 bridgehead atoms. The van der Waals surface area contributed by atoms with Gasteiger partial charge in [0.1, 0.15) is 5.56 Å². The third-order valence-corrected chi connectivity index (χ3v) is 4.76. The molecule has 3 heterocycles. The Morgan fingerprint density at radius 1 is 1.14 bits per heavy atom. The summed E-state index contributed by atoms with van der Waals surface area (Å²) in [5, 5.41) is 18.5. The van der Waals surface area contributed by atoms with E-state index in [2.05, 4.69) is 30.8 Å². The molecule has 1 aromatic carbocycles. The molecular formula is C20H23N7O2. The van der Waals surface area contributed by atoms with Crippen molar-refractivity contribution in [1.29, 1.82) is 0 Å². The van der Waals surface area contributed by atoms with Crippen LogP contribution in [0.4, 0.5) is 22.9 Å². The molecule has 29 heavy (non-hydrogen) atoms. The summed E-state index contributed by atoms with van der Waals surface area (Å²) in [5.41, 5.74) is 2.98. The van der Waals surface area contributed by atoms with Crippen LogP contribution < -0.4 is 20.3 Å². The standard InChI is InChI=1S/C20H23N7O2/c1-26-13-17(20(25-26)29-2)19(28)23-15-7-5-14(6-8-15)22-18-11-16(12-21-24-18)27-9-3-4-10-27/h5-8,11-13H,3-4,9-10H2,1-2H3,(H,22,24)(H,23,28). The zero-order valence-corrected chi connectivity index (χ0v) is 16.4. The minimum Gasteiger partial charge on any atom is -0.479 e. The molecule has 1 saturated heterocycles. The monoisotopic (exact) mass is 393 g/mol. The largest absolute Gasteiger partial charge is 0.479 e. The van der Waals surface area contributed by atoms with Gasteiger partial charge in [-0.2, -0.15) is 5.10 Å². The Kier molecular flexibility index (Phi) is 5.28. The minimum atomic E-state index is -0.278. The summed E-state index contributed by atoms with van der Waals surface area (Å²) in [4.78, 5) is 14.8. The van der Waals surface area contributed by atoms with Crippen LogP contribution in [0.25, 0.3) is 0 Å². The van der Waals surface area contributed by atoms with Crippen LogP contribution in [-0.4, -0.2) is 46.1 Å². The van der Waals surface area contributed by atoms with E-state index in [1.54, 1.807) is 19.4 Å². The zero-order chi connectivity index (χ0) is 20.2. The van der Waals surface area contributed by atoms with Gasteiger partial charge >= 0.3 is 0 Å². The minimum absolute atomic E-state index is 0.278. The number of anilines is 4. The van der Waals surface area contributed by atoms with Crippen LogP contribution in [0.2, 0.25) is 0 Å². The van der Waals surface area contributed by atoms with E-state index in [4.69, 9.17) is 4.74 Å². The Balaban J connectivity index is 1.41. The van der Waals surface area contributed by atoms with Crippen molar-refractivity contribution in [3.8, 4) is 5.88 Å². The molecule has 0 radical (unpaired) electrons. The number of nitrogens with zero attached hydrogens (tertiary/aromatic N) is 5. The average molecular weight is 393 g/mol.